The van der Waals surface area contributed by atoms with E-state index in [1.54, 1.807) is 0 Å². The Kier molecular flexibility index (Phi) is 6.23. The Morgan fingerprint density at radius 1 is 0.630 bits per heavy atom. The van der Waals surface area contributed by atoms with Crippen LogP contribution < -0.4 is 0 Å². The number of allylic oxidation sites excluding steroid dienone is 4. The second-order valence-corrected chi connectivity index (χ2v) is 7.78. The lowest BCUT2D eigenvalue weighted by atomic mass is 9.76. The summed E-state index contributed by atoms with van der Waals surface area (Å²) in [5.74, 6) is -7.75. The van der Waals surface area contributed by atoms with Crippen LogP contribution in [0.4, 0.5) is 0 Å². The first-order valence-electron chi connectivity index (χ1n) is 9.04. The largest absolute Gasteiger partial charge is 0.481 e. The number of ether oxygens (including phenoxy) is 1. The van der Waals surface area contributed by atoms with Gasteiger partial charge >= 0.3 is 23.9 Å². The van der Waals surface area contributed by atoms with E-state index >= 15 is 0 Å². The molecule has 0 aromatic heterocycles. The zero-order valence-electron chi connectivity index (χ0n) is 16.1. The Labute approximate surface area is 158 Å². The standard InChI is InChI=1S/C20H26O7/c1-9-5-13(17(21)22)15(7-11(9)3)19(25)27-20(26)16-8-12(4)10(2)6-14(16)18(23)24/h13-16H,5-8H2,1-4H3,(H,21,22)(H,23,24). The molecule has 0 saturated heterocycles. The average molecular weight is 378 g/mol. The Bertz CT molecular complexity index is 681. The van der Waals surface area contributed by atoms with Gasteiger partial charge in [-0.3, -0.25) is 19.2 Å². The van der Waals surface area contributed by atoms with Crippen molar-refractivity contribution in [1.29, 1.82) is 0 Å². The number of hydrogen-bond acceptors (Lipinski definition) is 5. The Morgan fingerprint density at radius 3 is 1.15 bits per heavy atom. The van der Waals surface area contributed by atoms with E-state index in [0.717, 1.165) is 22.3 Å². The lowest BCUT2D eigenvalue weighted by Crippen LogP contribution is -2.39. The molecule has 0 fully saturated rings. The third-order valence-corrected chi connectivity index (χ3v) is 5.97. The highest BCUT2D eigenvalue weighted by atomic mass is 16.6. The van der Waals surface area contributed by atoms with Gasteiger partial charge in [0.1, 0.15) is 0 Å². The fraction of sp³-hybridized carbons (Fsp3) is 0.600. The van der Waals surface area contributed by atoms with Crippen LogP contribution in [0.25, 0.3) is 0 Å². The van der Waals surface area contributed by atoms with Gasteiger partial charge in [0.15, 0.2) is 0 Å². The molecule has 0 aromatic rings. The molecule has 2 rings (SSSR count). The molecule has 0 aromatic carbocycles. The van der Waals surface area contributed by atoms with Gasteiger partial charge in [0, 0.05) is 0 Å². The minimum absolute atomic E-state index is 0.222. The summed E-state index contributed by atoms with van der Waals surface area (Å²) in [4.78, 5) is 48.2. The highest BCUT2D eigenvalue weighted by molar-refractivity contribution is 5.92. The monoisotopic (exact) mass is 378 g/mol. The molecule has 0 amide bonds. The van der Waals surface area contributed by atoms with Crippen LogP contribution in [0.5, 0.6) is 0 Å². The zero-order chi connectivity index (χ0) is 20.5. The fourth-order valence-electron chi connectivity index (χ4n) is 3.85. The van der Waals surface area contributed by atoms with Crippen LogP contribution in [0.2, 0.25) is 0 Å². The van der Waals surface area contributed by atoms with Crippen molar-refractivity contribution in [3.63, 3.8) is 0 Å². The molecule has 27 heavy (non-hydrogen) atoms. The number of rotatable bonds is 4. The van der Waals surface area contributed by atoms with E-state index < -0.39 is 47.5 Å². The summed E-state index contributed by atoms with van der Waals surface area (Å²) in [6, 6.07) is 0. The molecule has 0 spiro atoms. The summed E-state index contributed by atoms with van der Waals surface area (Å²) < 4.78 is 5.01. The summed E-state index contributed by atoms with van der Waals surface area (Å²) in [5, 5.41) is 18.8. The molecule has 0 heterocycles. The summed E-state index contributed by atoms with van der Waals surface area (Å²) in [5.41, 5.74) is 3.68. The van der Waals surface area contributed by atoms with Crippen LogP contribution in [0, 0.1) is 23.7 Å². The van der Waals surface area contributed by atoms with Crippen LogP contribution in [0.3, 0.4) is 0 Å². The van der Waals surface area contributed by atoms with Crippen molar-refractivity contribution in [3.05, 3.63) is 22.3 Å². The molecule has 4 atom stereocenters. The highest BCUT2D eigenvalue weighted by Crippen LogP contribution is 2.37. The lowest BCUT2D eigenvalue weighted by Gasteiger charge is -2.31. The SMILES string of the molecule is CC1=C(C)CC(C(=O)OC(=O)C2CC(C)=C(C)CC2C(=O)O)C(C(=O)O)C1. The Hall–Kier alpha value is -2.44. The van der Waals surface area contributed by atoms with Gasteiger partial charge in [-0.05, 0) is 53.4 Å². The highest BCUT2D eigenvalue weighted by Gasteiger charge is 2.43. The van der Waals surface area contributed by atoms with Crippen molar-refractivity contribution in [1.82, 2.24) is 0 Å². The zero-order valence-corrected chi connectivity index (χ0v) is 16.1. The van der Waals surface area contributed by atoms with Crippen molar-refractivity contribution >= 4 is 23.9 Å². The molecule has 2 aliphatic carbocycles. The minimum atomic E-state index is -1.10. The molecule has 7 nitrogen and oxygen atoms in total. The van der Waals surface area contributed by atoms with Crippen molar-refractivity contribution < 1.29 is 34.1 Å². The smallest absolute Gasteiger partial charge is 0.317 e. The predicted octanol–water partition coefficient (Wildman–Crippen LogP) is 2.95. The van der Waals surface area contributed by atoms with Gasteiger partial charge in [0.05, 0.1) is 23.7 Å². The van der Waals surface area contributed by atoms with Gasteiger partial charge in [-0.25, -0.2) is 0 Å². The average Bonchev–Trinajstić information content (AvgIpc) is 2.58. The molecule has 7 heteroatoms. The van der Waals surface area contributed by atoms with E-state index in [1.807, 2.05) is 27.7 Å². The first kappa shape index (κ1) is 20.9. The number of aliphatic carboxylic acids is 2. The maximum Gasteiger partial charge on any atom is 0.317 e. The molecule has 4 unspecified atom stereocenters. The van der Waals surface area contributed by atoms with Gasteiger partial charge < -0.3 is 14.9 Å². The second kappa shape index (κ2) is 8.06. The third kappa shape index (κ3) is 4.46. The van der Waals surface area contributed by atoms with Gasteiger partial charge in [-0.1, -0.05) is 22.3 Å². The fourth-order valence-corrected chi connectivity index (χ4v) is 3.85. The first-order valence-corrected chi connectivity index (χ1v) is 9.04. The maximum absolute atomic E-state index is 12.6. The van der Waals surface area contributed by atoms with Crippen molar-refractivity contribution in [2.45, 2.75) is 53.4 Å². The van der Waals surface area contributed by atoms with Gasteiger partial charge in [0.2, 0.25) is 0 Å². The first-order chi connectivity index (χ1) is 12.5. The summed E-state index contributed by atoms with van der Waals surface area (Å²) in [6.07, 6.45) is 0.911. The van der Waals surface area contributed by atoms with Gasteiger partial charge in [-0.2, -0.15) is 0 Å². The minimum Gasteiger partial charge on any atom is -0.481 e. The molecule has 0 bridgehead atoms. The number of carboxylic acids is 2. The van der Waals surface area contributed by atoms with E-state index in [9.17, 15) is 29.4 Å². The molecular formula is C20H26O7. The summed E-state index contributed by atoms with van der Waals surface area (Å²) >= 11 is 0. The number of esters is 2. The summed E-state index contributed by atoms with van der Waals surface area (Å²) in [7, 11) is 0. The van der Waals surface area contributed by atoms with Crippen molar-refractivity contribution in [2.24, 2.45) is 23.7 Å². The van der Waals surface area contributed by atoms with Crippen molar-refractivity contribution in [2.75, 3.05) is 0 Å². The molecular weight excluding hydrogens is 352 g/mol. The van der Waals surface area contributed by atoms with Crippen molar-refractivity contribution in [3.8, 4) is 0 Å². The quantitative estimate of drug-likeness (QED) is 0.438. The topological polar surface area (TPSA) is 118 Å². The van der Waals surface area contributed by atoms with Gasteiger partial charge in [0.25, 0.3) is 0 Å². The number of carbonyl (C=O) groups is 4. The Balaban J connectivity index is 2.17. The predicted molar refractivity (Wildman–Crippen MR) is 95.5 cm³/mol. The molecule has 148 valence electrons. The van der Waals surface area contributed by atoms with E-state index in [4.69, 9.17) is 4.74 Å². The van der Waals surface area contributed by atoms with Crippen LogP contribution in [-0.2, 0) is 23.9 Å². The maximum atomic E-state index is 12.6. The molecule has 0 saturated carbocycles. The molecule has 0 radical (unpaired) electrons. The normalized spacial score (nSPS) is 28.7. The molecule has 2 aliphatic rings. The van der Waals surface area contributed by atoms with Crippen LogP contribution in [-0.4, -0.2) is 34.1 Å². The van der Waals surface area contributed by atoms with E-state index in [0.29, 0.717) is 0 Å². The Morgan fingerprint density at radius 2 is 0.889 bits per heavy atom. The lowest BCUT2D eigenvalue weighted by molar-refractivity contribution is -0.172. The van der Waals surface area contributed by atoms with Crippen LogP contribution in [0.15, 0.2) is 22.3 Å². The van der Waals surface area contributed by atoms with E-state index in [-0.39, 0.29) is 25.7 Å². The van der Waals surface area contributed by atoms with Crippen LogP contribution in [0.1, 0.15) is 53.4 Å². The summed E-state index contributed by atoms with van der Waals surface area (Å²) in [6.45, 7) is 7.31. The van der Waals surface area contributed by atoms with Crippen LogP contribution >= 0.6 is 0 Å². The molecule has 2 N–H and O–H groups in total. The van der Waals surface area contributed by atoms with Gasteiger partial charge in [-0.15, -0.1) is 0 Å². The second-order valence-electron chi connectivity index (χ2n) is 7.78. The van der Waals surface area contributed by atoms with E-state index in [2.05, 4.69) is 0 Å². The third-order valence-electron chi connectivity index (χ3n) is 5.97. The molecule has 0 aliphatic heterocycles. The number of carbonyl (C=O) groups excluding carboxylic acids is 2. The number of carboxylic acid groups (broad SMARTS) is 2. The van der Waals surface area contributed by atoms with E-state index in [1.165, 1.54) is 0 Å². The number of hydrogen-bond donors (Lipinski definition) is 2.